The minimum atomic E-state index is -0.396. The van der Waals surface area contributed by atoms with E-state index in [4.69, 9.17) is 4.98 Å². The summed E-state index contributed by atoms with van der Waals surface area (Å²) in [5.74, 6) is 0.997. The van der Waals surface area contributed by atoms with Crippen LogP contribution in [0.25, 0.3) is 11.0 Å². The lowest BCUT2D eigenvalue weighted by atomic mass is 9.95. The Kier molecular flexibility index (Phi) is 5.45. The van der Waals surface area contributed by atoms with Gasteiger partial charge in [0, 0.05) is 12.0 Å². The van der Waals surface area contributed by atoms with Crippen LogP contribution in [0, 0.1) is 5.41 Å². The maximum Gasteiger partial charge on any atom is 0.225 e. The molecule has 0 radical (unpaired) electrons. The van der Waals surface area contributed by atoms with Gasteiger partial charge in [-0.15, -0.1) is 0 Å². The number of nitrogens with one attached hydrogen (secondary N) is 1. The maximum absolute atomic E-state index is 12.3. The van der Waals surface area contributed by atoms with Gasteiger partial charge in [-0.3, -0.25) is 4.79 Å². The highest BCUT2D eigenvalue weighted by Crippen LogP contribution is 2.23. The van der Waals surface area contributed by atoms with Gasteiger partial charge in [-0.1, -0.05) is 52.7 Å². The van der Waals surface area contributed by atoms with Gasteiger partial charge in [0.2, 0.25) is 5.91 Å². The number of rotatable bonds is 6. The van der Waals surface area contributed by atoms with Crippen LogP contribution in [0.15, 0.2) is 24.3 Å². The average molecular weight is 315 g/mol. The fraction of sp³-hybridized carbons (Fsp3) is 0.579. The number of carbonyl (C=O) groups is 1. The number of aromatic nitrogens is 2. The molecule has 0 saturated carbocycles. The SMILES string of the molecule is CCCCCn1c([C@@H](C)NC(=O)C(C)(C)C)nc2ccccc21. The molecule has 1 N–H and O–H groups in total. The van der Waals surface area contributed by atoms with E-state index in [1.165, 1.54) is 12.8 Å². The second kappa shape index (κ2) is 7.16. The van der Waals surface area contributed by atoms with Crippen molar-refractivity contribution in [3.8, 4) is 0 Å². The molecule has 4 heteroatoms. The Labute approximate surface area is 139 Å². The van der Waals surface area contributed by atoms with Gasteiger partial charge in [0.1, 0.15) is 5.82 Å². The summed E-state index contributed by atoms with van der Waals surface area (Å²) in [6.45, 7) is 11.0. The van der Waals surface area contributed by atoms with Crippen LogP contribution in [0.1, 0.15) is 65.7 Å². The first kappa shape index (κ1) is 17.5. The summed E-state index contributed by atoms with van der Waals surface area (Å²) in [6, 6.07) is 8.09. The molecule has 0 aliphatic heterocycles. The third-order valence-electron chi connectivity index (χ3n) is 4.09. The third kappa shape index (κ3) is 4.12. The topological polar surface area (TPSA) is 46.9 Å². The number of fused-ring (bicyclic) bond motifs is 1. The molecule has 1 aromatic carbocycles. The number of imidazole rings is 1. The standard InChI is InChI=1S/C19H29N3O/c1-6-7-10-13-22-16-12-9-8-11-15(16)21-17(22)14(2)20-18(23)19(3,4)5/h8-9,11-12,14H,6-7,10,13H2,1-5H3,(H,20,23)/t14-/m1/s1. The van der Waals surface area contributed by atoms with Crippen LogP contribution in [0.5, 0.6) is 0 Å². The van der Waals surface area contributed by atoms with Gasteiger partial charge in [0.05, 0.1) is 17.1 Å². The Morgan fingerprint density at radius 3 is 2.61 bits per heavy atom. The number of benzene rings is 1. The number of nitrogens with zero attached hydrogens (tertiary/aromatic N) is 2. The van der Waals surface area contributed by atoms with Gasteiger partial charge < -0.3 is 9.88 Å². The van der Waals surface area contributed by atoms with Crippen molar-refractivity contribution in [2.24, 2.45) is 5.41 Å². The normalized spacial score (nSPS) is 13.3. The molecule has 0 bridgehead atoms. The summed E-state index contributed by atoms with van der Waals surface area (Å²) in [6.07, 6.45) is 3.52. The number of amides is 1. The van der Waals surface area contributed by atoms with Gasteiger partial charge in [-0.25, -0.2) is 4.98 Å². The molecule has 1 atom stereocenters. The predicted molar refractivity (Wildman–Crippen MR) is 95.3 cm³/mol. The molecule has 0 fully saturated rings. The summed E-state index contributed by atoms with van der Waals surface area (Å²) in [5, 5.41) is 3.11. The Hall–Kier alpha value is -1.84. The van der Waals surface area contributed by atoms with E-state index < -0.39 is 5.41 Å². The van der Waals surface area contributed by atoms with Crippen LogP contribution in [-0.2, 0) is 11.3 Å². The predicted octanol–water partition coefficient (Wildman–Crippen LogP) is 4.45. The van der Waals surface area contributed by atoms with Crippen molar-refractivity contribution < 1.29 is 4.79 Å². The molecule has 0 aliphatic rings. The molecule has 1 heterocycles. The second-order valence-electron chi connectivity index (χ2n) is 7.26. The van der Waals surface area contributed by atoms with Crippen molar-refractivity contribution >= 4 is 16.9 Å². The molecule has 0 aliphatic carbocycles. The lowest BCUT2D eigenvalue weighted by Crippen LogP contribution is -2.37. The van der Waals surface area contributed by atoms with Gasteiger partial charge in [0.15, 0.2) is 0 Å². The fourth-order valence-electron chi connectivity index (χ4n) is 2.66. The maximum atomic E-state index is 12.3. The van der Waals surface area contributed by atoms with Crippen LogP contribution in [-0.4, -0.2) is 15.5 Å². The number of carbonyl (C=O) groups excluding carboxylic acids is 1. The van der Waals surface area contributed by atoms with Crippen molar-refractivity contribution in [1.29, 1.82) is 0 Å². The van der Waals surface area contributed by atoms with Crippen LogP contribution >= 0.6 is 0 Å². The van der Waals surface area contributed by atoms with Crippen molar-refractivity contribution in [1.82, 2.24) is 14.9 Å². The molecule has 1 aromatic heterocycles. The van der Waals surface area contributed by atoms with E-state index in [1.807, 2.05) is 45.9 Å². The van der Waals surface area contributed by atoms with Gasteiger partial charge >= 0.3 is 0 Å². The first-order valence-electron chi connectivity index (χ1n) is 8.60. The third-order valence-corrected chi connectivity index (χ3v) is 4.09. The molecule has 1 amide bonds. The summed E-state index contributed by atoms with van der Waals surface area (Å²) in [4.78, 5) is 17.1. The Morgan fingerprint density at radius 1 is 1.26 bits per heavy atom. The van der Waals surface area contributed by atoms with Crippen molar-refractivity contribution in [3.63, 3.8) is 0 Å². The molecule has 2 rings (SSSR count). The van der Waals surface area contributed by atoms with E-state index in [0.717, 1.165) is 29.8 Å². The molecule has 23 heavy (non-hydrogen) atoms. The minimum absolute atomic E-state index is 0.0529. The molecule has 0 saturated heterocycles. The van der Waals surface area contributed by atoms with Crippen LogP contribution in [0.4, 0.5) is 0 Å². The van der Waals surface area contributed by atoms with Crippen LogP contribution < -0.4 is 5.32 Å². The lowest BCUT2D eigenvalue weighted by molar-refractivity contribution is -0.129. The summed E-state index contributed by atoms with van der Waals surface area (Å²) in [7, 11) is 0. The second-order valence-corrected chi connectivity index (χ2v) is 7.26. The van der Waals surface area contributed by atoms with Crippen molar-refractivity contribution in [2.45, 2.75) is 66.5 Å². The Bertz CT molecular complexity index is 667. The quantitative estimate of drug-likeness (QED) is 0.801. The van der Waals surface area contributed by atoms with E-state index >= 15 is 0 Å². The van der Waals surface area contributed by atoms with E-state index in [-0.39, 0.29) is 11.9 Å². The number of unbranched alkanes of at least 4 members (excludes halogenated alkanes) is 2. The summed E-state index contributed by atoms with van der Waals surface area (Å²) >= 11 is 0. The van der Waals surface area contributed by atoms with E-state index in [2.05, 4.69) is 22.9 Å². The van der Waals surface area contributed by atoms with E-state index in [9.17, 15) is 4.79 Å². The largest absolute Gasteiger partial charge is 0.346 e. The van der Waals surface area contributed by atoms with Gasteiger partial charge in [-0.05, 0) is 25.5 Å². The molecule has 4 nitrogen and oxygen atoms in total. The van der Waals surface area contributed by atoms with E-state index in [1.54, 1.807) is 0 Å². The zero-order chi connectivity index (χ0) is 17.0. The summed E-state index contributed by atoms with van der Waals surface area (Å²) in [5.41, 5.74) is 1.75. The first-order chi connectivity index (χ1) is 10.8. The molecular weight excluding hydrogens is 286 g/mol. The van der Waals surface area contributed by atoms with Crippen molar-refractivity contribution in [2.75, 3.05) is 0 Å². The molecular formula is C19H29N3O. The fourth-order valence-corrected chi connectivity index (χ4v) is 2.66. The van der Waals surface area contributed by atoms with Gasteiger partial charge in [-0.2, -0.15) is 0 Å². The zero-order valence-corrected chi connectivity index (χ0v) is 15.0. The number of hydrogen-bond acceptors (Lipinski definition) is 2. The molecule has 2 aromatic rings. The lowest BCUT2D eigenvalue weighted by Gasteiger charge is -2.22. The van der Waals surface area contributed by atoms with Crippen LogP contribution in [0.2, 0.25) is 0 Å². The monoisotopic (exact) mass is 315 g/mol. The Balaban J connectivity index is 2.30. The van der Waals surface area contributed by atoms with E-state index in [0.29, 0.717) is 0 Å². The molecule has 126 valence electrons. The number of para-hydroxylation sites is 2. The Morgan fingerprint density at radius 2 is 1.96 bits per heavy atom. The summed E-state index contributed by atoms with van der Waals surface area (Å²) < 4.78 is 2.26. The van der Waals surface area contributed by atoms with Gasteiger partial charge in [0.25, 0.3) is 0 Å². The first-order valence-corrected chi connectivity index (χ1v) is 8.60. The number of aryl methyl sites for hydroxylation is 1. The minimum Gasteiger partial charge on any atom is -0.346 e. The van der Waals surface area contributed by atoms with Crippen molar-refractivity contribution in [3.05, 3.63) is 30.1 Å². The molecule has 0 spiro atoms. The smallest absolute Gasteiger partial charge is 0.225 e. The zero-order valence-electron chi connectivity index (χ0n) is 15.0. The average Bonchev–Trinajstić information content (AvgIpc) is 2.85. The highest BCUT2D eigenvalue weighted by molar-refractivity contribution is 5.82. The van der Waals surface area contributed by atoms with Crippen LogP contribution in [0.3, 0.4) is 0 Å². The highest BCUT2D eigenvalue weighted by atomic mass is 16.2. The number of hydrogen-bond donors (Lipinski definition) is 1. The molecule has 0 unspecified atom stereocenters. The highest BCUT2D eigenvalue weighted by Gasteiger charge is 2.25.